The summed E-state index contributed by atoms with van der Waals surface area (Å²) in [5.74, 6) is 1.43. The first-order valence-corrected chi connectivity index (χ1v) is 7.79. The lowest BCUT2D eigenvalue weighted by Crippen LogP contribution is -2.25. The Balaban J connectivity index is 4.00. The van der Waals surface area contributed by atoms with Crippen LogP contribution in [0.1, 0.15) is 33.6 Å². The van der Waals surface area contributed by atoms with Gasteiger partial charge in [-0.15, -0.1) is 0 Å². The molecule has 0 aromatic heterocycles. The van der Waals surface area contributed by atoms with E-state index in [1.807, 2.05) is 0 Å². The molecule has 0 amide bonds. The zero-order valence-electron chi connectivity index (χ0n) is 10.4. The topological polar surface area (TPSA) is 46.2 Å². The van der Waals surface area contributed by atoms with Gasteiger partial charge in [0.1, 0.15) is 9.84 Å². The van der Waals surface area contributed by atoms with Crippen molar-refractivity contribution in [2.45, 2.75) is 33.6 Å². The van der Waals surface area contributed by atoms with Crippen LogP contribution in [-0.2, 0) is 9.84 Å². The second kappa shape index (κ2) is 7.23. The number of sulfone groups is 1. The standard InChI is InChI=1S/C11H25NO2S/c1-5-12-9-11(8-10(2)3)6-7-15(4,13)14/h10-12H,5-9H2,1-4H3. The van der Waals surface area contributed by atoms with Crippen molar-refractivity contribution in [2.75, 3.05) is 25.1 Å². The van der Waals surface area contributed by atoms with Gasteiger partial charge in [-0.25, -0.2) is 8.42 Å². The van der Waals surface area contributed by atoms with E-state index in [0.717, 1.165) is 25.9 Å². The van der Waals surface area contributed by atoms with Crippen molar-refractivity contribution in [2.24, 2.45) is 11.8 Å². The van der Waals surface area contributed by atoms with E-state index in [9.17, 15) is 8.42 Å². The summed E-state index contributed by atoms with van der Waals surface area (Å²) in [6.07, 6.45) is 3.19. The fourth-order valence-corrected chi connectivity index (χ4v) is 2.46. The lowest BCUT2D eigenvalue weighted by atomic mass is 9.95. The fourth-order valence-electron chi connectivity index (χ4n) is 1.70. The van der Waals surface area contributed by atoms with Crippen LogP contribution >= 0.6 is 0 Å². The summed E-state index contributed by atoms with van der Waals surface area (Å²) in [7, 11) is -2.81. The minimum Gasteiger partial charge on any atom is -0.317 e. The predicted molar refractivity (Wildman–Crippen MR) is 65.8 cm³/mol. The summed E-state index contributed by atoms with van der Waals surface area (Å²) in [6.45, 7) is 8.32. The molecular weight excluding hydrogens is 210 g/mol. The third kappa shape index (κ3) is 10.2. The molecule has 3 nitrogen and oxygen atoms in total. The van der Waals surface area contributed by atoms with E-state index in [2.05, 4.69) is 26.1 Å². The van der Waals surface area contributed by atoms with Crippen LogP contribution in [0.25, 0.3) is 0 Å². The number of hydrogen-bond donors (Lipinski definition) is 1. The maximum atomic E-state index is 11.1. The normalized spacial score (nSPS) is 14.5. The molecule has 1 N–H and O–H groups in total. The van der Waals surface area contributed by atoms with Crippen molar-refractivity contribution < 1.29 is 8.42 Å². The van der Waals surface area contributed by atoms with Crippen molar-refractivity contribution in [3.63, 3.8) is 0 Å². The van der Waals surface area contributed by atoms with Crippen LogP contribution in [-0.4, -0.2) is 33.5 Å². The Morgan fingerprint density at radius 2 is 1.87 bits per heavy atom. The summed E-state index contributed by atoms with van der Waals surface area (Å²) in [4.78, 5) is 0. The molecule has 0 aromatic rings. The van der Waals surface area contributed by atoms with Gasteiger partial charge in [0.2, 0.25) is 0 Å². The Bertz CT molecular complexity index is 247. The first kappa shape index (κ1) is 14.9. The largest absolute Gasteiger partial charge is 0.317 e. The molecule has 0 spiro atoms. The Labute approximate surface area is 94.6 Å². The highest BCUT2D eigenvalue weighted by Crippen LogP contribution is 2.15. The molecule has 0 aliphatic rings. The van der Waals surface area contributed by atoms with Crippen LogP contribution in [0.3, 0.4) is 0 Å². The minimum atomic E-state index is -2.81. The van der Waals surface area contributed by atoms with Crippen molar-refractivity contribution in [3.05, 3.63) is 0 Å². The maximum absolute atomic E-state index is 11.1. The third-order valence-electron chi connectivity index (χ3n) is 2.38. The van der Waals surface area contributed by atoms with Gasteiger partial charge in [0.15, 0.2) is 0 Å². The zero-order chi connectivity index (χ0) is 11.9. The van der Waals surface area contributed by atoms with Crippen LogP contribution in [0.5, 0.6) is 0 Å². The summed E-state index contributed by atoms with van der Waals surface area (Å²) in [6, 6.07) is 0. The minimum absolute atomic E-state index is 0.315. The van der Waals surface area contributed by atoms with Crippen molar-refractivity contribution in [1.82, 2.24) is 5.32 Å². The first-order valence-electron chi connectivity index (χ1n) is 5.73. The van der Waals surface area contributed by atoms with Gasteiger partial charge in [-0.05, 0) is 37.8 Å². The van der Waals surface area contributed by atoms with Crippen LogP contribution in [0.15, 0.2) is 0 Å². The highest BCUT2D eigenvalue weighted by molar-refractivity contribution is 7.90. The summed E-state index contributed by atoms with van der Waals surface area (Å²) >= 11 is 0. The summed E-state index contributed by atoms with van der Waals surface area (Å²) < 4.78 is 22.1. The van der Waals surface area contributed by atoms with Crippen molar-refractivity contribution in [3.8, 4) is 0 Å². The Morgan fingerprint density at radius 3 is 2.27 bits per heavy atom. The second-order valence-corrected chi connectivity index (χ2v) is 6.98. The van der Waals surface area contributed by atoms with Crippen LogP contribution in [0.2, 0.25) is 0 Å². The Hall–Kier alpha value is -0.0900. The quantitative estimate of drug-likeness (QED) is 0.696. The average Bonchev–Trinajstić information content (AvgIpc) is 2.07. The molecule has 1 atom stereocenters. The number of hydrogen-bond acceptors (Lipinski definition) is 3. The number of nitrogens with one attached hydrogen (secondary N) is 1. The first-order chi connectivity index (χ1) is 6.85. The van der Waals surface area contributed by atoms with Gasteiger partial charge >= 0.3 is 0 Å². The van der Waals surface area contributed by atoms with Crippen molar-refractivity contribution in [1.29, 1.82) is 0 Å². The van der Waals surface area contributed by atoms with Crippen LogP contribution in [0.4, 0.5) is 0 Å². The van der Waals surface area contributed by atoms with E-state index in [1.54, 1.807) is 0 Å². The van der Waals surface area contributed by atoms with Gasteiger partial charge < -0.3 is 5.32 Å². The lowest BCUT2D eigenvalue weighted by molar-refractivity contribution is 0.381. The van der Waals surface area contributed by atoms with Gasteiger partial charge in [-0.1, -0.05) is 20.8 Å². The molecule has 0 rings (SSSR count). The monoisotopic (exact) mass is 235 g/mol. The molecule has 0 saturated carbocycles. The molecule has 0 aliphatic carbocycles. The second-order valence-electron chi connectivity index (χ2n) is 4.72. The summed E-state index contributed by atoms with van der Waals surface area (Å²) in [5.41, 5.74) is 0. The maximum Gasteiger partial charge on any atom is 0.147 e. The Morgan fingerprint density at radius 1 is 1.27 bits per heavy atom. The predicted octanol–water partition coefficient (Wildman–Crippen LogP) is 1.69. The molecule has 1 unspecified atom stereocenters. The van der Waals surface area contributed by atoms with E-state index in [4.69, 9.17) is 0 Å². The fraction of sp³-hybridized carbons (Fsp3) is 1.00. The average molecular weight is 235 g/mol. The van der Waals surface area contributed by atoms with Gasteiger partial charge in [0.25, 0.3) is 0 Å². The van der Waals surface area contributed by atoms with E-state index >= 15 is 0 Å². The molecule has 0 bridgehead atoms. The van der Waals surface area contributed by atoms with E-state index in [-0.39, 0.29) is 0 Å². The molecule has 0 heterocycles. The molecule has 92 valence electrons. The highest BCUT2D eigenvalue weighted by Gasteiger charge is 2.13. The van der Waals surface area contributed by atoms with Gasteiger partial charge in [0, 0.05) is 6.26 Å². The molecule has 0 aromatic carbocycles. The van der Waals surface area contributed by atoms with Gasteiger partial charge in [-0.2, -0.15) is 0 Å². The SMILES string of the molecule is CCNCC(CCS(C)(=O)=O)CC(C)C. The van der Waals surface area contributed by atoms with E-state index in [1.165, 1.54) is 6.26 Å². The molecule has 15 heavy (non-hydrogen) atoms. The molecular formula is C11H25NO2S. The van der Waals surface area contributed by atoms with Crippen molar-refractivity contribution >= 4 is 9.84 Å². The van der Waals surface area contributed by atoms with Crippen LogP contribution in [0, 0.1) is 11.8 Å². The van der Waals surface area contributed by atoms with Gasteiger partial charge in [-0.3, -0.25) is 0 Å². The summed E-state index contributed by atoms with van der Waals surface area (Å²) in [5, 5.41) is 3.30. The number of rotatable bonds is 8. The van der Waals surface area contributed by atoms with E-state index < -0.39 is 9.84 Å². The van der Waals surface area contributed by atoms with Gasteiger partial charge in [0.05, 0.1) is 5.75 Å². The molecule has 4 heteroatoms. The van der Waals surface area contributed by atoms with E-state index in [0.29, 0.717) is 17.6 Å². The van der Waals surface area contributed by atoms with Crippen LogP contribution < -0.4 is 5.32 Å². The lowest BCUT2D eigenvalue weighted by Gasteiger charge is -2.18. The molecule has 0 fully saturated rings. The molecule has 0 aliphatic heterocycles. The molecule has 0 radical (unpaired) electrons. The Kier molecular flexibility index (Phi) is 7.18. The highest BCUT2D eigenvalue weighted by atomic mass is 32.2. The third-order valence-corrected chi connectivity index (χ3v) is 3.36. The zero-order valence-corrected chi connectivity index (χ0v) is 11.2. The smallest absolute Gasteiger partial charge is 0.147 e. The molecule has 0 saturated heterocycles.